The summed E-state index contributed by atoms with van der Waals surface area (Å²) in [6, 6.07) is 15.7. The molecule has 0 bridgehead atoms. The maximum absolute atomic E-state index is 13.7. The quantitative estimate of drug-likeness (QED) is 0.351. The van der Waals surface area contributed by atoms with Gasteiger partial charge in [0.2, 0.25) is 0 Å². The monoisotopic (exact) mass is 522 g/mol. The van der Waals surface area contributed by atoms with E-state index in [0.29, 0.717) is 37.1 Å². The molecule has 0 spiro atoms. The third-order valence-corrected chi connectivity index (χ3v) is 6.93. The SMILES string of the molecule is CCOC(=O)C1=C(C)N=c2s/c(=C\c3ccc(-c4cccc(Cl)c4)o3)c(=O)n2C1c1ccc(F)cc1. The van der Waals surface area contributed by atoms with Crippen molar-refractivity contribution in [3.05, 3.63) is 114 Å². The Labute approximate surface area is 214 Å². The fraction of sp³-hybridized carbons (Fsp3) is 0.148. The molecule has 3 heterocycles. The first-order chi connectivity index (χ1) is 17.4. The smallest absolute Gasteiger partial charge is 0.338 e. The summed E-state index contributed by atoms with van der Waals surface area (Å²) in [7, 11) is 0. The number of aromatic nitrogens is 1. The normalized spacial score (nSPS) is 15.6. The van der Waals surface area contributed by atoms with E-state index in [1.165, 1.54) is 28.0 Å². The molecule has 2 aromatic heterocycles. The average molecular weight is 523 g/mol. The molecule has 9 heteroatoms. The van der Waals surface area contributed by atoms with Crippen LogP contribution >= 0.6 is 22.9 Å². The predicted molar refractivity (Wildman–Crippen MR) is 136 cm³/mol. The highest BCUT2D eigenvalue weighted by Gasteiger charge is 2.33. The number of allylic oxidation sites excluding steroid dienone is 1. The molecule has 2 aromatic carbocycles. The van der Waals surface area contributed by atoms with Crippen molar-refractivity contribution < 1.29 is 18.3 Å². The standard InChI is InChI=1S/C27H20ClFN2O4S/c1-3-34-26(33)23-15(2)30-27-31(24(23)16-7-9-19(29)10-8-16)25(32)22(36-27)14-20-11-12-21(35-20)17-5-4-6-18(28)13-17/h4-14,24H,3H2,1-2H3/b22-14-. The Balaban J connectivity index is 1.64. The van der Waals surface area contributed by atoms with Gasteiger partial charge in [0.25, 0.3) is 5.56 Å². The molecule has 0 aliphatic carbocycles. The number of nitrogens with zero attached hydrogens (tertiary/aromatic N) is 2. The van der Waals surface area contributed by atoms with E-state index >= 15 is 0 Å². The Morgan fingerprint density at radius 1 is 1.22 bits per heavy atom. The van der Waals surface area contributed by atoms with Gasteiger partial charge < -0.3 is 9.15 Å². The van der Waals surface area contributed by atoms with E-state index in [1.807, 2.05) is 12.1 Å². The number of ether oxygens (including phenoxy) is 1. The highest BCUT2D eigenvalue weighted by molar-refractivity contribution is 7.07. The molecule has 1 aliphatic heterocycles. The summed E-state index contributed by atoms with van der Waals surface area (Å²) in [6.45, 7) is 3.57. The van der Waals surface area contributed by atoms with Gasteiger partial charge in [0, 0.05) is 16.7 Å². The van der Waals surface area contributed by atoms with Gasteiger partial charge in [-0.25, -0.2) is 14.2 Å². The van der Waals surface area contributed by atoms with E-state index in [2.05, 4.69) is 4.99 Å². The Kier molecular flexibility index (Phi) is 6.47. The van der Waals surface area contributed by atoms with Crippen molar-refractivity contribution in [2.24, 2.45) is 4.99 Å². The maximum atomic E-state index is 13.7. The zero-order valence-corrected chi connectivity index (χ0v) is 20.9. The molecule has 4 aromatic rings. The number of thiazole rings is 1. The highest BCUT2D eigenvalue weighted by Crippen LogP contribution is 2.31. The third-order valence-electron chi connectivity index (χ3n) is 5.71. The van der Waals surface area contributed by atoms with E-state index in [1.54, 1.807) is 56.3 Å². The van der Waals surface area contributed by atoms with Crippen molar-refractivity contribution in [2.45, 2.75) is 19.9 Å². The van der Waals surface area contributed by atoms with Crippen molar-refractivity contribution in [2.75, 3.05) is 6.61 Å². The fourth-order valence-electron chi connectivity index (χ4n) is 4.11. The number of esters is 1. The van der Waals surface area contributed by atoms with Crippen LogP contribution < -0.4 is 14.9 Å². The maximum Gasteiger partial charge on any atom is 0.338 e. The molecule has 1 unspecified atom stereocenters. The second-order valence-electron chi connectivity index (χ2n) is 8.07. The molecule has 0 saturated carbocycles. The van der Waals surface area contributed by atoms with E-state index in [-0.39, 0.29) is 17.7 Å². The van der Waals surface area contributed by atoms with Gasteiger partial charge in [0.05, 0.1) is 28.5 Å². The van der Waals surface area contributed by atoms with Gasteiger partial charge in [-0.3, -0.25) is 9.36 Å². The highest BCUT2D eigenvalue weighted by atomic mass is 35.5. The number of hydrogen-bond donors (Lipinski definition) is 0. The molecule has 1 aliphatic rings. The van der Waals surface area contributed by atoms with Crippen LogP contribution in [0.1, 0.15) is 31.2 Å². The minimum absolute atomic E-state index is 0.170. The Morgan fingerprint density at radius 3 is 2.72 bits per heavy atom. The van der Waals surface area contributed by atoms with Crippen LogP contribution in [0.25, 0.3) is 17.4 Å². The molecular formula is C27H20ClFN2O4S. The average Bonchev–Trinajstić information content (AvgIpc) is 3.43. The van der Waals surface area contributed by atoms with Crippen LogP contribution in [0, 0.1) is 5.82 Å². The van der Waals surface area contributed by atoms with Gasteiger partial charge in [-0.1, -0.05) is 47.2 Å². The second kappa shape index (κ2) is 9.72. The van der Waals surface area contributed by atoms with Crippen LogP contribution in [-0.4, -0.2) is 17.1 Å². The van der Waals surface area contributed by atoms with Crippen molar-refractivity contribution in [1.29, 1.82) is 0 Å². The first-order valence-electron chi connectivity index (χ1n) is 11.2. The molecule has 0 saturated heterocycles. The van der Waals surface area contributed by atoms with Gasteiger partial charge in [0.15, 0.2) is 4.80 Å². The summed E-state index contributed by atoms with van der Waals surface area (Å²) in [5.41, 5.74) is 1.72. The van der Waals surface area contributed by atoms with E-state index in [0.717, 1.165) is 5.56 Å². The largest absolute Gasteiger partial charge is 0.463 e. The minimum Gasteiger partial charge on any atom is -0.463 e. The van der Waals surface area contributed by atoms with Crippen molar-refractivity contribution in [3.63, 3.8) is 0 Å². The number of halogens is 2. The van der Waals surface area contributed by atoms with Gasteiger partial charge in [-0.2, -0.15) is 0 Å². The molecule has 0 N–H and O–H groups in total. The summed E-state index contributed by atoms with van der Waals surface area (Å²) in [5, 5.41) is 0.590. The van der Waals surface area contributed by atoms with Crippen molar-refractivity contribution >= 4 is 35.0 Å². The number of benzene rings is 2. The summed E-state index contributed by atoms with van der Waals surface area (Å²) >= 11 is 7.27. The van der Waals surface area contributed by atoms with Crippen LogP contribution in [0.5, 0.6) is 0 Å². The fourth-order valence-corrected chi connectivity index (χ4v) is 5.33. The van der Waals surface area contributed by atoms with Crippen molar-refractivity contribution in [1.82, 2.24) is 4.57 Å². The van der Waals surface area contributed by atoms with Crippen molar-refractivity contribution in [3.8, 4) is 11.3 Å². The molecule has 5 rings (SSSR count). The first kappa shape index (κ1) is 24.0. The molecule has 0 radical (unpaired) electrons. The van der Waals surface area contributed by atoms with Crippen LogP contribution in [0.2, 0.25) is 5.02 Å². The minimum atomic E-state index is -0.804. The number of carbonyl (C=O) groups is 1. The number of furan rings is 1. The van der Waals surface area contributed by atoms with Crippen LogP contribution in [0.15, 0.2) is 86.1 Å². The number of carbonyl (C=O) groups excluding carboxylic acids is 1. The summed E-state index contributed by atoms with van der Waals surface area (Å²) in [5.74, 6) is 0.105. The summed E-state index contributed by atoms with van der Waals surface area (Å²) in [4.78, 5) is 31.4. The zero-order chi connectivity index (χ0) is 25.4. The Morgan fingerprint density at radius 2 is 2.00 bits per heavy atom. The van der Waals surface area contributed by atoms with Crippen LogP contribution in [0.4, 0.5) is 4.39 Å². The number of hydrogen-bond acceptors (Lipinski definition) is 6. The molecule has 6 nitrogen and oxygen atoms in total. The van der Waals surface area contributed by atoms with Gasteiger partial charge >= 0.3 is 5.97 Å². The van der Waals surface area contributed by atoms with Crippen LogP contribution in [-0.2, 0) is 9.53 Å². The number of rotatable bonds is 5. The molecular weight excluding hydrogens is 503 g/mol. The molecule has 182 valence electrons. The van der Waals surface area contributed by atoms with E-state index in [9.17, 15) is 14.0 Å². The Bertz CT molecular complexity index is 1680. The molecule has 0 amide bonds. The van der Waals surface area contributed by atoms with Gasteiger partial charge in [0.1, 0.15) is 17.3 Å². The summed E-state index contributed by atoms with van der Waals surface area (Å²) in [6.07, 6.45) is 1.64. The lowest BCUT2D eigenvalue weighted by Gasteiger charge is -2.24. The molecule has 0 fully saturated rings. The topological polar surface area (TPSA) is 73.8 Å². The third kappa shape index (κ3) is 4.45. The lowest BCUT2D eigenvalue weighted by Crippen LogP contribution is -2.39. The van der Waals surface area contributed by atoms with Gasteiger partial charge in [-0.05, 0) is 55.8 Å². The predicted octanol–water partition coefficient (Wildman–Crippen LogP) is 4.85. The molecule has 1 atom stereocenters. The molecule has 36 heavy (non-hydrogen) atoms. The first-order valence-corrected chi connectivity index (χ1v) is 12.4. The summed E-state index contributed by atoms with van der Waals surface area (Å²) < 4.78 is 26.7. The second-order valence-corrected chi connectivity index (χ2v) is 9.51. The van der Waals surface area contributed by atoms with E-state index in [4.69, 9.17) is 20.8 Å². The van der Waals surface area contributed by atoms with E-state index < -0.39 is 17.8 Å². The zero-order valence-electron chi connectivity index (χ0n) is 19.3. The lowest BCUT2D eigenvalue weighted by atomic mass is 9.96. The number of fused-ring (bicyclic) bond motifs is 1. The lowest BCUT2D eigenvalue weighted by molar-refractivity contribution is -0.139. The van der Waals surface area contributed by atoms with Gasteiger partial charge in [-0.15, -0.1) is 0 Å². The Hall–Kier alpha value is -3.75. The van der Waals surface area contributed by atoms with Crippen LogP contribution in [0.3, 0.4) is 0 Å².